The maximum atomic E-state index is 11.0. The number of methoxy groups -OCH3 is 2. The predicted octanol–water partition coefficient (Wildman–Crippen LogP) is 2.07. The zero-order valence-electron chi connectivity index (χ0n) is 8.89. The highest BCUT2D eigenvalue weighted by Crippen LogP contribution is 2.43. The van der Waals surface area contributed by atoms with Crippen molar-refractivity contribution in [2.24, 2.45) is 0 Å². The highest BCUT2D eigenvalue weighted by molar-refractivity contribution is 9.10. The fraction of sp³-hybridized carbons (Fsp3) is 0.222. The Morgan fingerprint density at radius 1 is 1.47 bits per heavy atom. The summed E-state index contributed by atoms with van der Waals surface area (Å²) in [5, 5.41) is 19.9. The van der Waals surface area contributed by atoms with Gasteiger partial charge in [-0.05, 0) is 22.0 Å². The number of aromatic carboxylic acids is 1. The van der Waals surface area contributed by atoms with E-state index in [0.717, 1.165) is 0 Å². The molecule has 7 nitrogen and oxygen atoms in total. The third-order valence-corrected chi connectivity index (χ3v) is 2.62. The molecule has 1 rings (SSSR count). The summed E-state index contributed by atoms with van der Waals surface area (Å²) in [5.41, 5.74) is -1.13. The van der Waals surface area contributed by atoms with Gasteiger partial charge in [0, 0.05) is 4.47 Å². The van der Waals surface area contributed by atoms with Crippen LogP contribution in [0.3, 0.4) is 0 Å². The number of nitro groups is 1. The van der Waals surface area contributed by atoms with E-state index in [1.54, 1.807) is 0 Å². The standard InChI is InChI=1S/C9H8BrNO6/c1-16-5-3-4(10)6(9(12)13)7(11(14)15)8(5)17-2/h3H,1-2H3,(H,12,13). The number of carboxylic acid groups (broad SMARTS) is 1. The summed E-state index contributed by atoms with van der Waals surface area (Å²) in [6.45, 7) is 0. The Labute approximate surface area is 104 Å². The van der Waals surface area contributed by atoms with Gasteiger partial charge in [-0.25, -0.2) is 4.79 Å². The number of carbonyl (C=O) groups is 1. The number of nitrogens with zero attached hydrogens (tertiary/aromatic N) is 1. The number of benzene rings is 1. The second kappa shape index (κ2) is 5.00. The van der Waals surface area contributed by atoms with E-state index in [4.69, 9.17) is 14.6 Å². The Kier molecular flexibility index (Phi) is 3.89. The summed E-state index contributed by atoms with van der Waals surface area (Å²) in [6.07, 6.45) is 0. The highest BCUT2D eigenvalue weighted by atomic mass is 79.9. The second-order valence-electron chi connectivity index (χ2n) is 2.88. The highest BCUT2D eigenvalue weighted by Gasteiger charge is 2.31. The molecule has 0 aliphatic rings. The van der Waals surface area contributed by atoms with E-state index in [-0.39, 0.29) is 16.0 Å². The van der Waals surface area contributed by atoms with Crippen LogP contribution < -0.4 is 9.47 Å². The van der Waals surface area contributed by atoms with Crippen LogP contribution in [0.2, 0.25) is 0 Å². The third-order valence-electron chi connectivity index (χ3n) is 1.99. The fourth-order valence-corrected chi connectivity index (χ4v) is 1.89. The molecule has 1 aromatic rings. The van der Waals surface area contributed by atoms with E-state index in [0.29, 0.717) is 0 Å². The minimum absolute atomic E-state index is 0.0503. The number of carboxylic acids is 1. The van der Waals surface area contributed by atoms with Crippen LogP contribution >= 0.6 is 15.9 Å². The van der Waals surface area contributed by atoms with Gasteiger partial charge < -0.3 is 14.6 Å². The van der Waals surface area contributed by atoms with E-state index in [1.807, 2.05) is 0 Å². The Balaban J connectivity index is 3.73. The average Bonchev–Trinajstić information content (AvgIpc) is 2.26. The molecule has 0 heterocycles. The van der Waals surface area contributed by atoms with Crippen LogP contribution in [-0.2, 0) is 0 Å². The molecule has 0 aliphatic heterocycles. The molecule has 0 saturated carbocycles. The number of hydrogen-bond acceptors (Lipinski definition) is 5. The van der Waals surface area contributed by atoms with Gasteiger partial charge >= 0.3 is 11.7 Å². The molecule has 0 atom stereocenters. The monoisotopic (exact) mass is 305 g/mol. The van der Waals surface area contributed by atoms with Crippen molar-refractivity contribution in [2.45, 2.75) is 0 Å². The first kappa shape index (κ1) is 13.2. The molecule has 8 heteroatoms. The van der Waals surface area contributed by atoms with Gasteiger partial charge in [-0.1, -0.05) is 0 Å². The van der Waals surface area contributed by atoms with Crippen molar-refractivity contribution in [3.8, 4) is 11.5 Å². The Hall–Kier alpha value is -1.83. The van der Waals surface area contributed by atoms with Crippen LogP contribution in [0.15, 0.2) is 10.5 Å². The van der Waals surface area contributed by atoms with E-state index in [1.165, 1.54) is 20.3 Å². The molecule has 0 aliphatic carbocycles. The van der Waals surface area contributed by atoms with Gasteiger partial charge in [-0.3, -0.25) is 10.1 Å². The molecule has 0 radical (unpaired) electrons. The van der Waals surface area contributed by atoms with Crippen LogP contribution in [0.1, 0.15) is 10.4 Å². The normalized spacial score (nSPS) is 9.82. The largest absolute Gasteiger partial charge is 0.493 e. The number of halogens is 1. The molecular formula is C9H8BrNO6. The van der Waals surface area contributed by atoms with Crippen molar-refractivity contribution >= 4 is 27.6 Å². The van der Waals surface area contributed by atoms with Gasteiger partial charge in [-0.2, -0.15) is 0 Å². The van der Waals surface area contributed by atoms with Gasteiger partial charge in [-0.15, -0.1) is 0 Å². The van der Waals surface area contributed by atoms with Crippen molar-refractivity contribution in [1.29, 1.82) is 0 Å². The second-order valence-corrected chi connectivity index (χ2v) is 3.73. The first-order chi connectivity index (χ1) is 7.93. The van der Waals surface area contributed by atoms with Crippen LogP contribution in [0.5, 0.6) is 11.5 Å². The quantitative estimate of drug-likeness (QED) is 0.675. The molecule has 1 aromatic carbocycles. The molecule has 0 saturated heterocycles. The molecular weight excluding hydrogens is 298 g/mol. The lowest BCUT2D eigenvalue weighted by molar-refractivity contribution is -0.386. The number of rotatable bonds is 4. The van der Waals surface area contributed by atoms with Gasteiger partial charge in [0.2, 0.25) is 5.75 Å². The average molecular weight is 306 g/mol. The zero-order valence-corrected chi connectivity index (χ0v) is 10.5. The van der Waals surface area contributed by atoms with Crippen molar-refractivity contribution < 1.29 is 24.3 Å². The van der Waals surface area contributed by atoms with Gasteiger partial charge in [0.1, 0.15) is 0 Å². The van der Waals surface area contributed by atoms with E-state index < -0.39 is 22.1 Å². The number of nitro benzene ring substituents is 1. The van der Waals surface area contributed by atoms with E-state index in [2.05, 4.69) is 15.9 Å². The summed E-state index contributed by atoms with van der Waals surface area (Å²) < 4.78 is 9.76. The Morgan fingerprint density at radius 2 is 2.06 bits per heavy atom. The van der Waals surface area contributed by atoms with Gasteiger partial charge in [0.15, 0.2) is 11.3 Å². The molecule has 0 amide bonds. The molecule has 0 aromatic heterocycles. The SMILES string of the molecule is COc1cc(Br)c(C(=O)O)c([N+](=O)[O-])c1OC. The van der Waals surface area contributed by atoms with E-state index in [9.17, 15) is 14.9 Å². The first-order valence-corrected chi connectivity index (χ1v) is 5.05. The topological polar surface area (TPSA) is 98.9 Å². The molecule has 0 fully saturated rings. The van der Waals surface area contributed by atoms with Crippen molar-refractivity contribution in [2.75, 3.05) is 14.2 Å². The lowest BCUT2D eigenvalue weighted by atomic mass is 10.1. The lowest BCUT2D eigenvalue weighted by Gasteiger charge is -2.10. The maximum absolute atomic E-state index is 11.0. The molecule has 0 unspecified atom stereocenters. The van der Waals surface area contributed by atoms with Gasteiger partial charge in [0.05, 0.1) is 19.1 Å². The van der Waals surface area contributed by atoms with Crippen molar-refractivity contribution in [3.05, 3.63) is 26.2 Å². The van der Waals surface area contributed by atoms with E-state index >= 15 is 0 Å². The number of hydrogen-bond donors (Lipinski definition) is 1. The summed E-state index contributed by atoms with van der Waals surface area (Å²) >= 11 is 2.95. The minimum Gasteiger partial charge on any atom is -0.493 e. The first-order valence-electron chi connectivity index (χ1n) is 4.26. The smallest absolute Gasteiger partial charge is 0.344 e. The molecule has 1 N–H and O–H groups in total. The van der Waals surface area contributed by atoms with Gasteiger partial charge in [0.25, 0.3) is 0 Å². The summed E-state index contributed by atoms with van der Waals surface area (Å²) in [5.74, 6) is -1.57. The molecule has 0 bridgehead atoms. The van der Waals surface area contributed by atoms with Crippen molar-refractivity contribution in [1.82, 2.24) is 0 Å². The zero-order chi connectivity index (χ0) is 13.2. The summed E-state index contributed by atoms with van der Waals surface area (Å²) in [6, 6.07) is 1.30. The minimum atomic E-state index is -1.43. The van der Waals surface area contributed by atoms with Crippen LogP contribution in [-0.4, -0.2) is 30.2 Å². The maximum Gasteiger partial charge on any atom is 0.344 e. The lowest BCUT2D eigenvalue weighted by Crippen LogP contribution is -2.07. The van der Waals surface area contributed by atoms with Crippen LogP contribution in [0.25, 0.3) is 0 Å². The molecule has 0 spiro atoms. The third kappa shape index (κ3) is 2.31. The molecule has 92 valence electrons. The summed E-state index contributed by atoms with van der Waals surface area (Å²) in [7, 11) is 2.50. The summed E-state index contributed by atoms with van der Waals surface area (Å²) in [4.78, 5) is 21.1. The molecule has 17 heavy (non-hydrogen) atoms. The van der Waals surface area contributed by atoms with Crippen LogP contribution in [0, 0.1) is 10.1 Å². The van der Waals surface area contributed by atoms with Crippen molar-refractivity contribution in [3.63, 3.8) is 0 Å². The Morgan fingerprint density at radius 3 is 2.41 bits per heavy atom. The Bertz CT molecular complexity index is 487. The number of ether oxygens (including phenoxy) is 2. The fourth-order valence-electron chi connectivity index (χ4n) is 1.32. The predicted molar refractivity (Wildman–Crippen MR) is 60.9 cm³/mol. The van der Waals surface area contributed by atoms with Crippen LogP contribution in [0.4, 0.5) is 5.69 Å².